The smallest absolute Gasteiger partial charge is 0.163 e. The van der Waals surface area contributed by atoms with Crippen molar-refractivity contribution in [3.05, 3.63) is 0 Å². The molecular weight excluding hydrogens is 168 g/mol. The van der Waals surface area contributed by atoms with Crippen LogP contribution in [0.4, 0.5) is 0 Å². The number of hydrogen-bond donors (Lipinski definition) is 2. The van der Waals surface area contributed by atoms with Gasteiger partial charge in [0.05, 0.1) is 6.61 Å². The van der Waals surface area contributed by atoms with E-state index in [0.29, 0.717) is 12.5 Å². The zero-order valence-corrected chi connectivity index (χ0v) is 7.82. The fraction of sp³-hybridized carbons (Fsp3) is 1.00. The van der Waals surface area contributed by atoms with Crippen molar-refractivity contribution in [2.75, 3.05) is 26.7 Å². The van der Waals surface area contributed by atoms with Gasteiger partial charge < -0.3 is 14.8 Å². The number of piperidine rings is 1. The van der Waals surface area contributed by atoms with Crippen LogP contribution in [-0.4, -0.2) is 39.3 Å². The Hall–Kier alpha value is -0.160. The molecule has 2 aliphatic heterocycles. The van der Waals surface area contributed by atoms with E-state index in [1.165, 1.54) is 0 Å². The molecule has 0 amide bonds. The minimum absolute atomic E-state index is 0.0644. The van der Waals surface area contributed by atoms with Crippen LogP contribution in [0.1, 0.15) is 0 Å². The van der Waals surface area contributed by atoms with Crippen molar-refractivity contribution in [1.29, 1.82) is 0 Å². The van der Waals surface area contributed by atoms with Gasteiger partial charge >= 0.3 is 0 Å². The van der Waals surface area contributed by atoms with E-state index in [1.54, 1.807) is 0 Å². The molecule has 4 atom stereocenters. The van der Waals surface area contributed by atoms with E-state index in [-0.39, 0.29) is 12.5 Å². The number of rotatable bonds is 2. The maximum atomic E-state index is 5.71. The van der Waals surface area contributed by atoms with E-state index in [1.807, 2.05) is 7.05 Å². The third-order valence-corrected chi connectivity index (χ3v) is 3.50. The van der Waals surface area contributed by atoms with Gasteiger partial charge in [-0.15, -0.1) is 0 Å². The van der Waals surface area contributed by atoms with Crippen molar-refractivity contribution in [3.8, 4) is 0 Å². The van der Waals surface area contributed by atoms with E-state index >= 15 is 0 Å². The zero-order valence-electron chi connectivity index (χ0n) is 7.82. The molecule has 0 spiro atoms. The van der Waals surface area contributed by atoms with Crippen LogP contribution in [0.15, 0.2) is 0 Å². The van der Waals surface area contributed by atoms with Crippen LogP contribution in [-0.2, 0) is 9.47 Å². The second-order valence-corrected chi connectivity index (χ2v) is 4.18. The number of ether oxygens (including phenoxy) is 2. The molecule has 4 nitrogen and oxygen atoms in total. The first-order chi connectivity index (χ1) is 6.40. The summed E-state index contributed by atoms with van der Waals surface area (Å²) in [5.41, 5.74) is 0. The van der Waals surface area contributed by atoms with Crippen molar-refractivity contribution in [2.45, 2.75) is 12.5 Å². The minimum Gasteiger partial charge on any atom is -0.348 e. The highest BCUT2D eigenvalue weighted by molar-refractivity contribution is 5.05. The predicted molar refractivity (Wildman–Crippen MR) is 47.0 cm³/mol. The topological polar surface area (TPSA) is 42.5 Å². The first-order valence-electron chi connectivity index (χ1n) is 5.05. The van der Waals surface area contributed by atoms with Crippen molar-refractivity contribution < 1.29 is 9.47 Å². The lowest BCUT2D eigenvalue weighted by Gasteiger charge is -2.12. The minimum atomic E-state index is 0.0644. The molecule has 4 heteroatoms. The maximum Gasteiger partial charge on any atom is 0.163 e. The Morgan fingerprint density at radius 3 is 2.69 bits per heavy atom. The molecule has 74 valence electrons. The van der Waals surface area contributed by atoms with Crippen LogP contribution in [0, 0.1) is 17.8 Å². The van der Waals surface area contributed by atoms with Gasteiger partial charge in [-0.25, -0.2) is 0 Å². The highest BCUT2D eigenvalue weighted by atomic mass is 16.7. The summed E-state index contributed by atoms with van der Waals surface area (Å²) >= 11 is 0. The third kappa shape index (κ3) is 1.21. The van der Waals surface area contributed by atoms with Gasteiger partial charge in [-0.1, -0.05) is 0 Å². The van der Waals surface area contributed by atoms with Gasteiger partial charge in [0.25, 0.3) is 0 Å². The Balaban J connectivity index is 1.57. The van der Waals surface area contributed by atoms with Gasteiger partial charge in [-0.3, -0.25) is 5.32 Å². The average Bonchev–Trinajstić information content (AvgIpc) is 2.65. The van der Waals surface area contributed by atoms with E-state index in [0.717, 1.165) is 24.9 Å². The molecule has 2 saturated heterocycles. The summed E-state index contributed by atoms with van der Waals surface area (Å²) in [4.78, 5) is 0. The van der Waals surface area contributed by atoms with Crippen molar-refractivity contribution in [3.63, 3.8) is 0 Å². The Morgan fingerprint density at radius 1 is 1.31 bits per heavy atom. The highest BCUT2D eigenvalue weighted by Crippen LogP contribution is 2.52. The molecule has 0 radical (unpaired) electrons. The van der Waals surface area contributed by atoms with Gasteiger partial charge in [0, 0.05) is 5.92 Å². The summed E-state index contributed by atoms with van der Waals surface area (Å²) in [6.45, 7) is 3.01. The summed E-state index contributed by atoms with van der Waals surface area (Å²) < 4.78 is 11.3. The monoisotopic (exact) mass is 184 g/mol. The SMILES string of the molecule is CNC1COC(C2C3CNCC32)O1. The van der Waals surface area contributed by atoms with E-state index in [4.69, 9.17) is 9.47 Å². The van der Waals surface area contributed by atoms with Gasteiger partial charge in [-0.05, 0) is 32.0 Å². The molecule has 0 aromatic carbocycles. The second-order valence-electron chi connectivity index (χ2n) is 4.18. The summed E-state index contributed by atoms with van der Waals surface area (Å²) in [5.74, 6) is 2.31. The Labute approximate surface area is 78.0 Å². The number of hydrogen-bond acceptors (Lipinski definition) is 4. The van der Waals surface area contributed by atoms with Gasteiger partial charge in [0.2, 0.25) is 0 Å². The average molecular weight is 184 g/mol. The molecule has 3 fully saturated rings. The summed E-state index contributed by atoms with van der Waals surface area (Å²) in [6, 6.07) is 0. The molecule has 2 N–H and O–H groups in total. The summed E-state index contributed by atoms with van der Waals surface area (Å²) in [7, 11) is 1.91. The normalized spacial score (nSPS) is 53.8. The van der Waals surface area contributed by atoms with Crippen LogP contribution in [0.25, 0.3) is 0 Å². The molecule has 0 aromatic rings. The molecule has 2 heterocycles. The van der Waals surface area contributed by atoms with Crippen LogP contribution in [0.5, 0.6) is 0 Å². The van der Waals surface area contributed by atoms with Crippen molar-refractivity contribution in [2.24, 2.45) is 17.8 Å². The molecule has 4 unspecified atom stereocenters. The van der Waals surface area contributed by atoms with Gasteiger partial charge in [0.15, 0.2) is 6.29 Å². The molecule has 1 saturated carbocycles. The van der Waals surface area contributed by atoms with Crippen molar-refractivity contribution in [1.82, 2.24) is 10.6 Å². The van der Waals surface area contributed by atoms with E-state index < -0.39 is 0 Å². The number of likely N-dealkylation sites (N-methyl/N-ethyl adjacent to an activating group) is 1. The second kappa shape index (κ2) is 2.92. The largest absolute Gasteiger partial charge is 0.348 e. The van der Waals surface area contributed by atoms with E-state index in [2.05, 4.69) is 10.6 Å². The maximum absolute atomic E-state index is 5.71. The van der Waals surface area contributed by atoms with Crippen LogP contribution in [0.2, 0.25) is 0 Å². The molecule has 13 heavy (non-hydrogen) atoms. The number of fused-ring (bicyclic) bond motifs is 1. The third-order valence-electron chi connectivity index (χ3n) is 3.50. The molecule has 0 bridgehead atoms. The quantitative estimate of drug-likeness (QED) is 0.599. The lowest BCUT2D eigenvalue weighted by molar-refractivity contribution is -0.0826. The Bertz CT molecular complexity index is 202. The van der Waals surface area contributed by atoms with E-state index in [9.17, 15) is 0 Å². The standard InChI is InChI=1S/C9H16N2O2/c1-10-7-4-12-9(13-7)8-5-2-11-3-6(5)8/h5-11H,2-4H2,1H3. The molecule has 3 rings (SSSR count). The Morgan fingerprint density at radius 2 is 2.08 bits per heavy atom. The fourth-order valence-corrected chi connectivity index (χ4v) is 2.65. The lowest BCUT2D eigenvalue weighted by Crippen LogP contribution is -2.28. The first-order valence-corrected chi connectivity index (χ1v) is 5.05. The van der Waals surface area contributed by atoms with Gasteiger partial charge in [-0.2, -0.15) is 0 Å². The van der Waals surface area contributed by atoms with Crippen molar-refractivity contribution >= 4 is 0 Å². The van der Waals surface area contributed by atoms with Crippen LogP contribution >= 0.6 is 0 Å². The lowest BCUT2D eigenvalue weighted by atomic mass is 10.3. The Kier molecular flexibility index (Phi) is 1.83. The van der Waals surface area contributed by atoms with Gasteiger partial charge in [0.1, 0.15) is 6.23 Å². The summed E-state index contributed by atoms with van der Waals surface area (Å²) in [5, 5.41) is 6.45. The molecule has 3 aliphatic rings. The molecule has 0 aromatic heterocycles. The van der Waals surface area contributed by atoms with Crippen LogP contribution < -0.4 is 10.6 Å². The predicted octanol–water partition coefficient (Wildman–Crippen LogP) is -0.630. The summed E-state index contributed by atoms with van der Waals surface area (Å²) in [6.07, 6.45) is 0.175. The molecular formula is C9H16N2O2. The zero-order chi connectivity index (χ0) is 8.84. The molecule has 1 aliphatic carbocycles. The first kappa shape index (κ1) is 8.17. The van der Waals surface area contributed by atoms with Crippen LogP contribution in [0.3, 0.4) is 0 Å². The highest BCUT2D eigenvalue weighted by Gasteiger charge is 2.58. The fourth-order valence-electron chi connectivity index (χ4n) is 2.65. The number of nitrogens with one attached hydrogen (secondary N) is 2.